The lowest BCUT2D eigenvalue weighted by Crippen LogP contribution is -2.33. The molecular weight excluding hydrogens is 247 g/mol. The normalized spacial score (nSPS) is 10.5. The highest BCUT2D eigenvalue weighted by Crippen LogP contribution is 2.22. The standard InChI is InChI=1S/C13H15FN4O/c1-3-18(11-7-5-4-6-9(11)14)13(19)12-10(15)8-16-17(12)2/h4-8H,3,15H2,1-2H3. The van der Waals surface area contributed by atoms with Crippen molar-refractivity contribution < 1.29 is 9.18 Å². The van der Waals surface area contributed by atoms with E-state index in [0.29, 0.717) is 6.54 Å². The van der Waals surface area contributed by atoms with Crippen molar-refractivity contribution in [2.45, 2.75) is 6.92 Å². The Labute approximate surface area is 110 Å². The Morgan fingerprint density at radius 1 is 1.47 bits per heavy atom. The van der Waals surface area contributed by atoms with Crippen LogP contribution in [0.2, 0.25) is 0 Å². The van der Waals surface area contributed by atoms with Crippen molar-refractivity contribution in [3.8, 4) is 0 Å². The zero-order valence-electron chi connectivity index (χ0n) is 10.8. The molecule has 1 aromatic carbocycles. The molecule has 1 heterocycles. The van der Waals surface area contributed by atoms with Crippen molar-refractivity contribution >= 4 is 17.3 Å². The third kappa shape index (κ3) is 2.29. The molecule has 0 atom stereocenters. The first-order valence-electron chi connectivity index (χ1n) is 5.90. The molecular formula is C13H15FN4O. The van der Waals surface area contributed by atoms with Crippen LogP contribution in [-0.2, 0) is 7.05 Å². The number of carbonyl (C=O) groups excluding carboxylic acids is 1. The van der Waals surface area contributed by atoms with Gasteiger partial charge in [-0.15, -0.1) is 0 Å². The molecule has 0 aliphatic carbocycles. The summed E-state index contributed by atoms with van der Waals surface area (Å²) in [7, 11) is 1.62. The van der Waals surface area contributed by atoms with Crippen LogP contribution in [0.15, 0.2) is 30.5 Å². The molecule has 2 aromatic rings. The van der Waals surface area contributed by atoms with Crippen LogP contribution in [0.3, 0.4) is 0 Å². The van der Waals surface area contributed by atoms with Gasteiger partial charge in [-0.1, -0.05) is 12.1 Å². The fourth-order valence-corrected chi connectivity index (χ4v) is 1.94. The van der Waals surface area contributed by atoms with Crippen LogP contribution in [0.4, 0.5) is 15.8 Å². The molecule has 2 N–H and O–H groups in total. The molecule has 1 amide bonds. The molecule has 0 bridgehead atoms. The summed E-state index contributed by atoms with van der Waals surface area (Å²) < 4.78 is 15.2. The fourth-order valence-electron chi connectivity index (χ4n) is 1.94. The number of nitrogen functional groups attached to an aromatic ring is 1. The average Bonchev–Trinajstić information content (AvgIpc) is 2.72. The third-order valence-electron chi connectivity index (χ3n) is 2.87. The van der Waals surface area contributed by atoms with E-state index in [1.54, 1.807) is 32.2 Å². The summed E-state index contributed by atoms with van der Waals surface area (Å²) in [5, 5.41) is 3.92. The van der Waals surface area contributed by atoms with Gasteiger partial charge in [0.05, 0.1) is 17.6 Å². The van der Waals surface area contributed by atoms with Crippen LogP contribution >= 0.6 is 0 Å². The van der Waals surface area contributed by atoms with E-state index >= 15 is 0 Å². The van der Waals surface area contributed by atoms with Crippen LogP contribution in [0.5, 0.6) is 0 Å². The van der Waals surface area contributed by atoms with Crippen LogP contribution in [0.25, 0.3) is 0 Å². The van der Waals surface area contributed by atoms with E-state index in [0.717, 1.165) is 0 Å². The van der Waals surface area contributed by atoms with Gasteiger partial charge < -0.3 is 10.6 Å². The zero-order valence-corrected chi connectivity index (χ0v) is 10.8. The number of nitrogens with zero attached hydrogens (tertiary/aromatic N) is 3. The van der Waals surface area contributed by atoms with Crippen molar-refractivity contribution in [3.63, 3.8) is 0 Å². The monoisotopic (exact) mass is 262 g/mol. The Morgan fingerprint density at radius 3 is 2.68 bits per heavy atom. The number of nitrogens with two attached hydrogens (primary N) is 1. The number of anilines is 2. The number of hydrogen-bond donors (Lipinski definition) is 1. The van der Waals surface area contributed by atoms with Crippen molar-refractivity contribution in [2.75, 3.05) is 17.2 Å². The SMILES string of the molecule is CCN(C(=O)c1c(N)cnn1C)c1ccccc1F. The highest BCUT2D eigenvalue weighted by Gasteiger charge is 2.23. The van der Waals surface area contributed by atoms with Gasteiger partial charge in [0.2, 0.25) is 0 Å². The predicted molar refractivity (Wildman–Crippen MR) is 71.4 cm³/mol. The molecule has 19 heavy (non-hydrogen) atoms. The number of halogens is 1. The minimum atomic E-state index is -0.446. The molecule has 2 rings (SSSR count). The predicted octanol–water partition coefficient (Wildman–Crippen LogP) is 1.81. The molecule has 0 aliphatic rings. The first-order chi connectivity index (χ1) is 9.06. The Bertz CT molecular complexity index is 589. The first kappa shape index (κ1) is 13.1. The number of amides is 1. The van der Waals surface area contributed by atoms with Gasteiger partial charge in [0.15, 0.2) is 0 Å². The van der Waals surface area contributed by atoms with Crippen molar-refractivity contribution in [1.29, 1.82) is 0 Å². The average molecular weight is 262 g/mol. The van der Waals surface area contributed by atoms with E-state index in [2.05, 4.69) is 5.10 Å². The topological polar surface area (TPSA) is 64.2 Å². The molecule has 1 aromatic heterocycles. The van der Waals surface area contributed by atoms with Gasteiger partial charge in [0, 0.05) is 13.6 Å². The summed E-state index contributed by atoms with van der Waals surface area (Å²) in [6.07, 6.45) is 1.41. The van der Waals surface area contributed by atoms with E-state index in [-0.39, 0.29) is 23.0 Å². The summed E-state index contributed by atoms with van der Waals surface area (Å²) in [4.78, 5) is 13.8. The Hall–Kier alpha value is -2.37. The van der Waals surface area contributed by atoms with E-state index in [1.807, 2.05) is 0 Å². The molecule has 0 fully saturated rings. The molecule has 5 nitrogen and oxygen atoms in total. The van der Waals surface area contributed by atoms with Gasteiger partial charge in [0.1, 0.15) is 11.5 Å². The van der Waals surface area contributed by atoms with Gasteiger partial charge >= 0.3 is 0 Å². The molecule has 0 saturated heterocycles. The van der Waals surface area contributed by atoms with Crippen LogP contribution in [0.1, 0.15) is 17.4 Å². The first-order valence-corrected chi connectivity index (χ1v) is 5.90. The van der Waals surface area contributed by atoms with Crippen LogP contribution in [0, 0.1) is 5.82 Å². The van der Waals surface area contributed by atoms with Gasteiger partial charge in [-0.2, -0.15) is 5.10 Å². The summed E-state index contributed by atoms with van der Waals surface area (Å²) in [6.45, 7) is 2.11. The van der Waals surface area contributed by atoms with E-state index in [9.17, 15) is 9.18 Å². The summed E-state index contributed by atoms with van der Waals surface area (Å²) in [6, 6.07) is 6.14. The van der Waals surface area contributed by atoms with E-state index in [1.165, 1.54) is 21.8 Å². The molecule has 0 spiro atoms. The highest BCUT2D eigenvalue weighted by atomic mass is 19.1. The second kappa shape index (κ2) is 5.09. The van der Waals surface area contributed by atoms with Gasteiger partial charge in [-0.25, -0.2) is 4.39 Å². The largest absolute Gasteiger partial charge is 0.396 e. The number of aromatic nitrogens is 2. The molecule has 0 radical (unpaired) electrons. The maximum absolute atomic E-state index is 13.8. The maximum atomic E-state index is 13.8. The second-order valence-corrected chi connectivity index (χ2v) is 4.07. The van der Waals surface area contributed by atoms with Crippen LogP contribution in [-0.4, -0.2) is 22.2 Å². The lowest BCUT2D eigenvalue weighted by molar-refractivity contribution is 0.0979. The third-order valence-corrected chi connectivity index (χ3v) is 2.87. The van der Waals surface area contributed by atoms with Crippen LogP contribution < -0.4 is 10.6 Å². The van der Waals surface area contributed by atoms with Crippen molar-refractivity contribution in [2.24, 2.45) is 7.05 Å². The Morgan fingerprint density at radius 2 is 2.16 bits per heavy atom. The molecule has 0 aliphatic heterocycles. The molecule has 0 saturated carbocycles. The number of hydrogen-bond acceptors (Lipinski definition) is 3. The number of aryl methyl sites for hydroxylation is 1. The molecule has 6 heteroatoms. The summed E-state index contributed by atoms with van der Waals surface area (Å²) >= 11 is 0. The second-order valence-electron chi connectivity index (χ2n) is 4.07. The smallest absolute Gasteiger partial charge is 0.278 e. The number of para-hydroxylation sites is 1. The van der Waals surface area contributed by atoms with Gasteiger partial charge in [0.25, 0.3) is 5.91 Å². The minimum Gasteiger partial charge on any atom is -0.396 e. The lowest BCUT2D eigenvalue weighted by Gasteiger charge is -2.21. The molecule has 0 unspecified atom stereocenters. The van der Waals surface area contributed by atoms with Crippen molar-refractivity contribution in [3.05, 3.63) is 42.0 Å². The zero-order chi connectivity index (χ0) is 14.0. The minimum absolute atomic E-state index is 0.232. The van der Waals surface area contributed by atoms with E-state index in [4.69, 9.17) is 5.73 Å². The Balaban J connectivity index is 2.44. The molecule has 100 valence electrons. The summed E-state index contributed by atoms with van der Waals surface area (Å²) in [5.74, 6) is -0.816. The number of carbonyl (C=O) groups is 1. The lowest BCUT2D eigenvalue weighted by atomic mass is 10.2. The number of rotatable bonds is 3. The van der Waals surface area contributed by atoms with Gasteiger partial charge in [-0.3, -0.25) is 9.48 Å². The van der Waals surface area contributed by atoms with E-state index < -0.39 is 5.82 Å². The highest BCUT2D eigenvalue weighted by molar-refractivity contribution is 6.08. The fraction of sp³-hybridized carbons (Fsp3) is 0.231. The van der Waals surface area contributed by atoms with Gasteiger partial charge in [-0.05, 0) is 19.1 Å². The summed E-state index contributed by atoms with van der Waals surface area (Å²) in [5.41, 5.74) is 6.49. The van der Waals surface area contributed by atoms with Crippen molar-refractivity contribution in [1.82, 2.24) is 9.78 Å². The number of benzene rings is 1. The maximum Gasteiger partial charge on any atom is 0.278 e. The Kier molecular flexibility index (Phi) is 3.50. The quantitative estimate of drug-likeness (QED) is 0.917.